The Morgan fingerprint density at radius 1 is 1.64 bits per heavy atom. The van der Waals surface area contributed by atoms with Crippen LogP contribution in [0.2, 0.25) is 0 Å². The molecule has 7 heteroatoms. The van der Waals surface area contributed by atoms with Crippen molar-refractivity contribution in [2.45, 2.75) is 6.43 Å². The molecule has 0 saturated carbocycles. The van der Waals surface area contributed by atoms with Gasteiger partial charge < -0.3 is 10.8 Å². The molecule has 0 radical (unpaired) electrons. The molecular formula is C7H5BrF2N2O2. The highest BCUT2D eigenvalue weighted by atomic mass is 79.9. The smallest absolute Gasteiger partial charge is 0.339 e. The molecule has 1 aromatic heterocycles. The number of carboxylic acids is 1. The van der Waals surface area contributed by atoms with Gasteiger partial charge in [0.15, 0.2) is 0 Å². The highest BCUT2D eigenvalue weighted by molar-refractivity contribution is 9.10. The zero-order valence-electron chi connectivity index (χ0n) is 6.67. The van der Waals surface area contributed by atoms with E-state index in [-0.39, 0.29) is 15.7 Å². The number of aromatic nitrogens is 1. The van der Waals surface area contributed by atoms with Crippen LogP contribution in [0.5, 0.6) is 0 Å². The van der Waals surface area contributed by atoms with Gasteiger partial charge in [0.2, 0.25) is 0 Å². The number of halogens is 3. The minimum absolute atomic E-state index is 0.174. The topological polar surface area (TPSA) is 76.2 Å². The number of pyridine rings is 1. The lowest BCUT2D eigenvalue weighted by Gasteiger charge is -2.07. The lowest BCUT2D eigenvalue weighted by molar-refractivity contribution is 0.0697. The highest BCUT2D eigenvalue weighted by Crippen LogP contribution is 2.31. The van der Waals surface area contributed by atoms with Crippen LogP contribution in [0.3, 0.4) is 0 Å². The number of hydrogen-bond acceptors (Lipinski definition) is 3. The van der Waals surface area contributed by atoms with Gasteiger partial charge in [-0.25, -0.2) is 13.6 Å². The van der Waals surface area contributed by atoms with Crippen molar-refractivity contribution in [1.82, 2.24) is 4.98 Å². The summed E-state index contributed by atoms with van der Waals surface area (Å²) in [5.74, 6) is -1.31. The summed E-state index contributed by atoms with van der Waals surface area (Å²) < 4.78 is 24.3. The zero-order chi connectivity index (χ0) is 10.9. The monoisotopic (exact) mass is 266 g/mol. The van der Waals surface area contributed by atoms with E-state index in [1.807, 2.05) is 0 Å². The molecule has 0 aliphatic rings. The third kappa shape index (κ3) is 1.82. The maximum Gasteiger partial charge on any atom is 0.339 e. The van der Waals surface area contributed by atoms with E-state index < -0.39 is 18.1 Å². The minimum atomic E-state index is -2.80. The standard InChI is InChI=1S/C7H5BrF2N2O2/c8-3-4(11)2(7(13)14)1-12-5(3)6(9)10/h1,6H,(H2,11,12)(H,13,14). The minimum Gasteiger partial charge on any atom is -0.478 e. The van der Waals surface area contributed by atoms with Gasteiger partial charge in [-0.2, -0.15) is 0 Å². The van der Waals surface area contributed by atoms with Crippen molar-refractivity contribution in [3.05, 3.63) is 21.9 Å². The van der Waals surface area contributed by atoms with Crippen molar-refractivity contribution in [3.8, 4) is 0 Å². The normalized spacial score (nSPS) is 10.6. The van der Waals surface area contributed by atoms with Crippen molar-refractivity contribution >= 4 is 27.6 Å². The van der Waals surface area contributed by atoms with E-state index in [1.54, 1.807) is 0 Å². The number of carboxylic acid groups (broad SMARTS) is 1. The van der Waals surface area contributed by atoms with Crippen LogP contribution in [0, 0.1) is 0 Å². The fourth-order valence-electron chi connectivity index (χ4n) is 0.839. The third-order valence-electron chi connectivity index (χ3n) is 1.52. The van der Waals surface area contributed by atoms with Crippen molar-refractivity contribution < 1.29 is 18.7 Å². The van der Waals surface area contributed by atoms with Gasteiger partial charge in [-0.3, -0.25) is 4.98 Å². The Bertz CT molecular complexity index is 384. The van der Waals surface area contributed by atoms with Crippen molar-refractivity contribution in [1.29, 1.82) is 0 Å². The van der Waals surface area contributed by atoms with E-state index in [9.17, 15) is 13.6 Å². The molecule has 1 rings (SSSR count). The largest absolute Gasteiger partial charge is 0.478 e. The summed E-state index contributed by atoms with van der Waals surface area (Å²) in [6.07, 6.45) is -1.99. The Morgan fingerprint density at radius 2 is 2.21 bits per heavy atom. The second-order valence-corrected chi connectivity index (χ2v) is 3.18. The van der Waals surface area contributed by atoms with Crippen LogP contribution >= 0.6 is 15.9 Å². The lowest BCUT2D eigenvalue weighted by atomic mass is 10.2. The summed E-state index contributed by atoms with van der Waals surface area (Å²) in [5.41, 5.74) is 4.21. The van der Waals surface area contributed by atoms with Crippen LogP contribution in [0.15, 0.2) is 10.7 Å². The van der Waals surface area contributed by atoms with Crippen LogP contribution in [-0.2, 0) is 0 Å². The second-order valence-electron chi connectivity index (χ2n) is 2.39. The molecule has 0 saturated heterocycles. The number of aromatic carboxylic acids is 1. The molecule has 0 unspecified atom stereocenters. The first-order valence-electron chi connectivity index (χ1n) is 3.40. The van der Waals surface area contributed by atoms with E-state index in [2.05, 4.69) is 20.9 Å². The summed E-state index contributed by atoms with van der Waals surface area (Å²) in [5, 5.41) is 8.59. The third-order valence-corrected chi connectivity index (χ3v) is 2.35. The first-order valence-corrected chi connectivity index (χ1v) is 4.19. The van der Waals surface area contributed by atoms with Crippen molar-refractivity contribution in [2.24, 2.45) is 0 Å². The van der Waals surface area contributed by atoms with E-state index in [1.165, 1.54) is 0 Å². The summed E-state index contributed by atoms with van der Waals surface area (Å²) in [4.78, 5) is 13.8. The molecule has 4 nitrogen and oxygen atoms in total. The van der Waals surface area contributed by atoms with Gasteiger partial charge in [-0.15, -0.1) is 0 Å². The van der Waals surface area contributed by atoms with Gasteiger partial charge in [-0.05, 0) is 15.9 Å². The fourth-order valence-corrected chi connectivity index (χ4v) is 1.33. The molecule has 0 spiro atoms. The second kappa shape index (κ2) is 3.87. The summed E-state index contributed by atoms with van der Waals surface area (Å²) in [6, 6.07) is 0. The molecule has 76 valence electrons. The molecule has 0 fully saturated rings. The van der Waals surface area contributed by atoms with E-state index >= 15 is 0 Å². The Hall–Kier alpha value is -1.24. The molecule has 0 aliphatic heterocycles. The number of carbonyl (C=O) groups is 1. The van der Waals surface area contributed by atoms with Gasteiger partial charge in [0.25, 0.3) is 6.43 Å². The van der Waals surface area contributed by atoms with Gasteiger partial charge in [0, 0.05) is 6.20 Å². The number of rotatable bonds is 2. The van der Waals surface area contributed by atoms with Crippen LogP contribution in [-0.4, -0.2) is 16.1 Å². The highest BCUT2D eigenvalue weighted by Gasteiger charge is 2.20. The molecule has 1 heterocycles. The molecule has 14 heavy (non-hydrogen) atoms. The summed E-state index contributed by atoms with van der Waals surface area (Å²) >= 11 is 2.77. The van der Waals surface area contributed by atoms with Gasteiger partial charge in [0.1, 0.15) is 11.3 Å². The predicted molar refractivity (Wildman–Crippen MR) is 48.3 cm³/mol. The van der Waals surface area contributed by atoms with Gasteiger partial charge in [-0.1, -0.05) is 0 Å². The first kappa shape index (κ1) is 10.8. The van der Waals surface area contributed by atoms with Gasteiger partial charge >= 0.3 is 5.97 Å². The zero-order valence-corrected chi connectivity index (χ0v) is 8.25. The molecule has 0 aromatic carbocycles. The predicted octanol–water partition coefficient (Wildman–Crippen LogP) is 2.06. The fraction of sp³-hybridized carbons (Fsp3) is 0.143. The molecule has 0 aliphatic carbocycles. The Labute approximate surface area is 85.9 Å². The lowest BCUT2D eigenvalue weighted by Crippen LogP contribution is -2.06. The molecule has 0 bridgehead atoms. The van der Waals surface area contributed by atoms with E-state index in [0.717, 1.165) is 6.20 Å². The number of anilines is 1. The maximum absolute atomic E-state index is 12.2. The first-order chi connectivity index (χ1) is 6.45. The quantitative estimate of drug-likeness (QED) is 0.859. The number of nitrogen functional groups attached to an aromatic ring is 1. The number of alkyl halides is 2. The van der Waals surface area contributed by atoms with Crippen LogP contribution in [0.4, 0.5) is 14.5 Å². The Morgan fingerprint density at radius 3 is 2.64 bits per heavy atom. The summed E-state index contributed by atoms with van der Waals surface area (Å²) in [6.45, 7) is 0. The van der Waals surface area contributed by atoms with Gasteiger partial charge in [0.05, 0.1) is 10.2 Å². The number of nitrogens with zero attached hydrogens (tertiary/aromatic N) is 1. The maximum atomic E-state index is 12.2. The molecule has 3 N–H and O–H groups in total. The SMILES string of the molecule is Nc1c(C(=O)O)cnc(C(F)F)c1Br. The Kier molecular flexibility index (Phi) is 3.00. The number of hydrogen-bond donors (Lipinski definition) is 2. The van der Waals surface area contributed by atoms with E-state index in [0.29, 0.717) is 0 Å². The summed E-state index contributed by atoms with van der Waals surface area (Å²) in [7, 11) is 0. The average Bonchev–Trinajstić information content (AvgIpc) is 2.08. The Balaban J connectivity index is 3.33. The van der Waals surface area contributed by atoms with Crippen LogP contribution in [0.25, 0.3) is 0 Å². The van der Waals surface area contributed by atoms with Crippen LogP contribution in [0.1, 0.15) is 22.5 Å². The number of nitrogens with two attached hydrogens (primary N) is 1. The van der Waals surface area contributed by atoms with Crippen LogP contribution < -0.4 is 5.73 Å². The molecular weight excluding hydrogens is 262 g/mol. The van der Waals surface area contributed by atoms with Crippen molar-refractivity contribution in [2.75, 3.05) is 5.73 Å². The molecule has 0 atom stereocenters. The molecule has 0 amide bonds. The van der Waals surface area contributed by atoms with Crippen molar-refractivity contribution in [3.63, 3.8) is 0 Å². The average molecular weight is 267 g/mol. The molecule has 1 aromatic rings. The van der Waals surface area contributed by atoms with E-state index in [4.69, 9.17) is 10.8 Å².